The highest BCUT2D eigenvalue weighted by Gasteiger charge is 1.95. The van der Waals surface area contributed by atoms with Crippen molar-refractivity contribution in [3.05, 3.63) is 39.3 Å². The van der Waals surface area contributed by atoms with Gasteiger partial charge in [-0.2, -0.15) is 0 Å². The first-order valence-electron chi connectivity index (χ1n) is 4.00. The van der Waals surface area contributed by atoms with Crippen LogP contribution in [0.15, 0.2) is 28.7 Å². The third kappa shape index (κ3) is 3.51. The monoisotopic (exact) mass is 259 g/mol. The van der Waals surface area contributed by atoms with Gasteiger partial charge in [0.1, 0.15) is 0 Å². The van der Waals surface area contributed by atoms with Crippen molar-refractivity contribution >= 4 is 33.6 Å². The Bertz CT molecular complexity index is 310. The van der Waals surface area contributed by atoms with Crippen LogP contribution in [0.2, 0.25) is 5.02 Å². The Labute approximate surface area is 91.9 Å². The van der Waals surface area contributed by atoms with Crippen LogP contribution in [0.3, 0.4) is 0 Å². The van der Waals surface area contributed by atoms with E-state index < -0.39 is 0 Å². The smallest absolute Gasteiger partial charge is 0.0554 e. The average Bonchev–Trinajstić information content (AvgIpc) is 2.12. The maximum atomic E-state index is 5.93. The van der Waals surface area contributed by atoms with Gasteiger partial charge in [0, 0.05) is 11.0 Å². The Balaban J connectivity index is 2.73. The van der Waals surface area contributed by atoms with Gasteiger partial charge in [-0.3, -0.25) is 0 Å². The van der Waals surface area contributed by atoms with Crippen molar-refractivity contribution < 1.29 is 0 Å². The van der Waals surface area contributed by atoms with Crippen LogP contribution in [-0.2, 0) is 0 Å². The molecule has 13 heavy (non-hydrogen) atoms. The maximum absolute atomic E-state index is 5.93. The molecule has 0 amide bonds. The summed E-state index contributed by atoms with van der Waals surface area (Å²) in [5.41, 5.74) is 1.11. The molecular formula is C10H11BrClN. The number of hydrogen-bond acceptors (Lipinski definition) is 1. The molecule has 0 saturated carbocycles. The van der Waals surface area contributed by atoms with Gasteiger partial charge in [0.2, 0.25) is 0 Å². The quantitative estimate of drug-likeness (QED) is 0.879. The van der Waals surface area contributed by atoms with Gasteiger partial charge in [-0.15, -0.1) is 0 Å². The molecule has 0 bridgehead atoms. The van der Waals surface area contributed by atoms with Crippen LogP contribution in [-0.4, -0.2) is 13.6 Å². The summed E-state index contributed by atoms with van der Waals surface area (Å²) in [6.45, 7) is 0.869. The summed E-state index contributed by atoms with van der Waals surface area (Å²) in [5, 5.41) is 3.78. The molecule has 1 aromatic carbocycles. The Morgan fingerprint density at radius 1 is 1.54 bits per heavy atom. The van der Waals surface area contributed by atoms with E-state index in [1.807, 2.05) is 31.3 Å². The van der Waals surface area contributed by atoms with Gasteiger partial charge in [-0.05, 0) is 40.7 Å². The second kappa shape index (κ2) is 5.43. The minimum absolute atomic E-state index is 0.742. The molecule has 0 aliphatic heterocycles. The molecule has 0 fully saturated rings. The summed E-state index contributed by atoms with van der Waals surface area (Å²) in [7, 11) is 1.92. The number of likely N-dealkylation sites (N-methyl/N-ethyl adjacent to an activating group) is 1. The molecule has 0 heterocycles. The standard InChI is InChI=1S/C10H11BrClN/c1-13-6-2-3-8-4-5-9(11)10(12)7-8/h2-5,7,13H,6H2,1H3/b3-2+. The van der Waals surface area contributed by atoms with E-state index in [1.54, 1.807) is 0 Å². The Morgan fingerprint density at radius 3 is 2.92 bits per heavy atom. The van der Waals surface area contributed by atoms with Crippen molar-refractivity contribution in [3.63, 3.8) is 0 Å². The van der Waals surface area contributed by atoms with Gasteiger partial charge in [0.05, 0.1) is 5.02 Å². The lowest BCUT2D eigenvalue weighted by Gasteiger charge is -1.97. The van der Waals surface area contributed by atoms with Crippen molar-refractivity contribution in [1.82, 2.24) is 5.32 Å². The van der Waals surface area contributed by atoms with Crippen molar-refractivity contribution in [2.24, 2.45) is 0 Å². The zero-order valence-electron chi connectivity index (χ0n) is 7.35. The number of nitrogens with one attached hydrogen (secondary N) is 1. The molecule has 0 aliphatic rings. The zero-order chi connectivity index (χ0) is 9.68. The van der Waals surface area contributed by atoms with E-state index in [-0.39, 0.29) is 0 Å². The van der Waals surface area contributed by atoms with Gasteiger partial charge in [-0.1, -0.05) is 29.8 Å². The van der Waals surface area contributed by atoms with Gasteiger partial charge in [-0.25, -0.2) is 0 Å². The van der Waals surface area contributed by atoms with Crippen LogP contribution >= 0.6 is 27.5 Å². The van der Waals surface area contributed by atoms with E-state index in [0.29, 0.717) is 0 Å². The van der Waals surface area contributed by atoms with E-state index in [9.17, 15) is 0 Å². The highest BCUT2D eigenvalue weighted by atomic mass is 79.9. The topological polar surface area (TPSA) is 12.0 Å². The number of halogens is 2. The number of benzene rings is 1. The Kier molecular flexibility index (Phi) is 4.50. The van der Waals surface area contributed by atoms with Crippen molar-refractivity contribution in [3.8, 4) is 0 Å². The van der Waals surface area contributed by atoms with Crippen LogP contribution in [0, 0.1) is 0 Å². The lowest BCUT2D eigenvalue weighted by Crippen LogP contribution is -2.03. The molecule has 0 unspecified atom stereocenters. The first-order valence-corrected chi connectivity index (χ1v) is 5.17. The molecule has 1 rings (SSSR count). The summed E-state index contributed by atoms with van der Waals surface area (Å²) in [6.07, 6.45) is 4.09. The largest absolute Gasteiger partial charge is 0.316 e. The van der Waals surface area contributed by atoms with Gasteiger partial charge in [0.15, 0.2) is 0 Å². The third-order valence-electron chi connectivity index (χ3n) is 1.58. The summed E-state index contributed by atoms with van der Waals surface area (Å²) in [6, 6.07) is 5.89. The third-order valence-corrected chi connectivity index (χ3v) is 2.81. The molecule has 3 heteroatoms. The molecule has 0 spiro atoms. The molecule has 0 aliphatic carbocycles. The fourth-order valence-electron chi connectivity index (χ4n) is 0.929. The van der Waals surface area contributed by atoms with E-state index in [4.69, 9.17) is 11.6 Å². The molecule has 0 aromatic heterocycles. The summed E-state index contributed by atoms with van der Waals surface area (Å²) >= 11 is 9.27. The lowest BCUT2D eigenvalue weighted by atomic mass is 10.2. The molecule has 70 valence electrons. The molecule has 1 nitrogen and oxygen atoms in total. The second-order valence-corrected chi connectivity index (χ2v) is 3.90. The summed E-state index contributed by atoms with van der Waals surface area (Å²) in [4.78, 5) is 0. The zero-order valence-corrected chi connectivity index (χ0v) is 9.69. The fourth-order valence-corrected chi connectivity index (χ4v) is 1.36. The van der Waals surface area contributed by atoms with Crippen LogP contribution in [0.5, 0.6) is 0 Å². The van der Waals surface area contributed by atoms with E-state index in [0.717, 1.165) is 21.6 Å². The minimum Gasteiger partial charge on any atom is -0.316 e. The van der Waals surface area contributed by atoms with Crippen LogP contribution in [0.25, 0.3) is 6.08 Å². The Hall–Kier alpha value is -0.310. The van der Waals surface area contributed by atoms with Gasteiger partial charge >= 0.3 is 0 Å². The lowest BCUT2D eigenvalue weighted by molar-refractivity contribution is 0.922. The highest BCUT2D eigenvalue weighted by molar-refractivity contribution is 9.10. The van der Waals surface area contributed by atoms with Crippen molar-refractivity contribution in [2.45, 2.75) is 0 Å². The van der Waals surface area contributed by atoms with E-state index >= 15 is 0 Å². The fraction of sp³-hybridized carbons (Fsp3) is 0.200. The van der Waals surface area contributed by atoms with Crippen molar-refractivity contribution in [2.75, 3.05) is 13.6 Å². The van der Waals surface area contributed by atoms with Crippen LogP contribution in [0.4, 0.5) is 0 Å². The predicted molar refractivity (Wildman–Crippen MR) is 62.1 cm³/mol. The first-order chi connectivity index (χ1) is 6.24. The Morgan fingerprint density at radius 2 is 2.31 bits per heavy atom. The van der Waals surface area contributed by atoms with Crippen molar-refractivity contribution in [1.29, 1.82) is 0 Å². The normalized spacial score (nSPS) is 11.0. The predicted octanol–water partition coefficient (Wildman–Crippen LogP) is 3.34. The van der Waals surface area contributed by atoms with Crippen LogP contribution in [0.1, 0.15) is 5.56 Å². The number of hydrogen-bond donors (Lipinski definition) is 1. The molecule has 1 aromatic rings. The molecular weight excluding hydrogens is 249 g/mol. The van der Waals surface area contributed by atoms with Gasteiger partial charge < -0.3 is 5.32 Å². The maximum Gasteiger partial charge on any atom is 0.0554 e. The van der Waals surface area contributed by atoms with E-state index in [1.165, 1.54) is 0 Å². The van der Waals surface area contributed by atoms with E-state index in [2.05, 4.69) is 27.3 Å². The molecule has 0 radical (unpaired) electrons. The average molecular weight is 261 g/mol. The SMILES string of the molecule is CNC/C=C/c1ccc(Br)c(Cl)c1. The molecule has 0 atom stereocenters. The highest BCUT2D eigenvalue weighted by Crippen LogP contribution is 2.23. The minimum atomic E-state index is 0.742. The van der Waals surface area contributed by atoms with Crippen LogP contribution < -0.4 is 5.32 Å². The summed E-state index contributed by atoms with van der Waals surface area (Å²) in [5.74, 6) is 0. The second-order valence-electron chi connectivity index (χ2n) is 2.63. The summed E-state index contributed by atoms with van der Waals surface area (Å²) < 4.78 is 0.930. The van der Waals surface area contributed by atoms with Gasteiger partial charge in [0.25, 0.3) is 0 Å². The first kappa shape index (κ1) is 10.8. The molecule has 0 saturated heterocycles. The molecule has 1 N–H and O–H groups in total. The number of rotatable bonds is 3.